The van der Waals surface area contributed by atoms with Crippen LogP contribution in [0.25, 0.3) is 55.6 Å². The minimum atomic E-state index is -0.0562. The van der Waals surface area contributed by atoms with E-state index in [2.05, 4.69) is 273 Å². The number of benzene rings is 10. The minimum Gasteiger partial charge on any atom is -0.311 e. The molecule has 0 unspecified atom stereocenters. The average Bonchev–Trinajstić information content (AvgIpc) is 3.39. The van der Waals surface area contributed by atoms with E-state index in [9.17, 15) is 0 Å². The molecule has 2 nitrogen and oxygen atoms in total. The summed E-state index contributed by atoms with van der Waals surface area (Å²) in [5.41, 5.74) is 24.2. The standard InChI is InChI=1S/C64H49BN2/c1-64(2,3)54-32-24-50(25-33-54)53-42-61-63-62(43-53)67(56-36-28-49(29-37-56)45-18-10-5-11-19-45)60-39-31-52(47-22-14-7-15-23-47)41-58(60)65(63)57-40-51(46-20-12-6-13-21-46)30-38-59(57)66(61)55-34-26-48(27-35-55)44-16-8-4-9-17-44/h4-43H,1-3H3. The van der Waals surface area contributed by atoms with Crippen LogP contribution in [0.2, 0.25) is 0 Å². The van der Waals surface area contributed by atoms with E-state index in [4.69, 9.17) is 0 Å². The quantitative estimate of drug-likeness (QED) is 0.147. The molecule has 2 heterocycles. The normalized spacial score (nSPS) is 12.6. The van der Waals surface area contributed by atoms with Crippen molar-refractivity contribution >= 4 is 57.2 Å². The molecule has 2 aliphatic rings. The summed E-state index contributed by atoms with van der Waals surface area (Å²) in [6.45, 7) is 6.80. The maximum atomic E-state index is 2.53. The Hall–Kier alpha value is -8.14. The Labute approximate surface area is 395 Å². The predicted molar refractivity (Wildman–Crippen MR) is 286 cm³/mol. The van der Waals surface area contributed by atoms with Gasteiger partial charge in [-0.05, 0) is 132 Å². The van der Waals surface area contributed by atoms with E-state index in [1.807, 2.05) is 0 Å². The Morgan fingerprint density at radius 1 is 0.284 bits per heavy atom. The molecule has 0 atom stereocenters. The van der Waals surface area contributed by atoms with Crippen LogP contribution in [-0.2, 0) is 5.41 Å². The van der Waals surface area contributed by atoms with Crippen LogP contribution in [0, 0.1) is 0 Å². The molecule has 0 fully saturated rings. The van der Waals surface area contributed by atoms with Crippen molar-refractivity contribution in [1.29, 1.82) is 0 Å². The lowest BCUT2D eigenvalue weighted by Gasteiger charge is -2.44. The zero-order valence-corrected chi connectivity index (χ0v) is 38.1. The van der Waals surface area contributed by atoms with Gasteiger partial charge in [0, 0.05) is 34.1 Å². The lowest BCUT2D eigenvalue weighted by molar-refractivity contribution is 0.590. The topological polar surface area (TPSA) is 6.48 Å². The molecule has 0 saturated heterocycles. The first kappa shape index (κ1) is 40.4. The summed E-state index contributed by atoms with van der Waals surface area (Å²) >= 11 is 0. The zero-order valence-electron chi connectivity index (χ0n) is 38.1. The number of hydrogen-bond acceptors (Lipinski definition) is 2. The van der Waals surface area contributed by atoms with Crippen molar-refractivity contribution in [2.75, 3.05) is 9.80 Å². The summed E-state index contributed by atoms with van der Waals surface area (Å²) in [5, 5.41) is 0. The smallest absolute Gasteiger partial charge is 0.252 e. The van der Waals surface area contributed by atoms with Crippen LogP contribution in [0.15, 0.2) is 243 Å². The van der Waals surface area contributed by atoms with E-state index in [-0.39, 0.29) is 12.1 Å². The molecule has 318 valence electrons. The number of anilines is 6. The Kier molecular flexibility index (Phi) is 9.87. The molecule has 12 rings (SSSR count). The summed E-state index contributed by atoms with van der Waals surface area (Å²) in [5.74, 6) is 0. The molecule has 0 saturated carbocycles. The third kappa shape index (κ3) is 7.25. The first-order chi connectivity index (χ1) is 32.9. The van der Waals surface area contributed by atoms with Gasteiger partial charge in [0.25, 0.3) is 6.71 Å². The minimum absolute atomic E-state index is 0.0453. The molecule has 0 aromatic heterocycles. The number of hydrogen-bond donors (Lipinski definition) is 0. The highest BCUT2D eigenvalue weighted by atomic mass is 15.2. The van der Waals surface area contributed by atoms with Gasteiger partial charge in [-0.2, -0.15) is 0 Å². The Balaban J connectivity index is 1.15. The molecular formula is C64H49BN2. The number of nitrogens with zero attached hydrogens (tertiary/aromatic N) is 2. The van der Waals surface area contributed by atoms with E-state index in [0.717, 1.165) is 11.4 Å². The average molecular weight is 857 g/mol. The van der Waals surface area contributed by atoms with Gasteiger partial charge < -0.3 is 9.80 Å². The first-order valence-corrected chi connectivity index (χ1v) is 23.4. The van der Waals surface area contributed by atoms with E-state index < -0.39 is 0 Å². The second-order valence-electron chi connectivity index (χ2n) is 19.0. The molecule has 2 aliphatic heterocycles. The largest absolute Gasteiger partial charge is 0.311 e. The van der Waals surface area contributed by atoms with Crippen molar-refractivity contribution < 1.29 is 0 Å². The monoisotopic (exact) mass is 856 g/mol. The lowest BCUT2D eigenvalue weighted by Crippen LogP contribution is -2.61. The van der Waals surface area contributed by atoms with Crippen molar-refractivity contribution in [3.63, 3.8) is 0 Å². The summed E-state index contributed by atoms with van der Waals surface area (Å²) in [6.07, 6.45) is 0. The lowest BCUT2D eigenvalue weighted by atomic mass is 9.33. The third-order valence-electron chi connectivity index (χ3n) is 13.8. The fourth-order valence-electron chi connectivity index (χ4n) is 10.4. The van der Waals surface area contributed by atoms with E-state index in [1.165, 1.54) is 100 Å². The molecule has 0 spiro atoms. The molecule has 0 radical (unpaired) electrons. The van der Waals surface area contributed by atoms with Crippen LogP contribution in [-0.4, -0.2) is 6.71 Å². The highest BCUT2D eigenvalue weighted by molar-refractivity contribution is 7.00. The Morgan fingerprint density at radius 2 is 0.597 bits per heavy atom. The summed E-state index contributed by atoms with van der Waals surface area (Å²) < 4.78 is 0. The fraction of sp³-hybridized carbons (Fsp3) is 0.0625. The van der Waals surface area contributed by atoms with Crippen LogP contribution in [0.3, 0.4) is 0 Å². The van der Waals surface area contributed by atoms with Gasteiger partial charge in [-0.1, -0.05) is 215 Å². The third-order valence-corrected chi connectivity index (χ3v) is 13.8. The van der Waals surface area contributed by atoms with Crippen molar-refractivity contribution in [2.24, 2.45) is 0 Å². The van der Waals surface area contributed by atoms with Crippen LogP contribution < -0.4 is 26.2 Å². The molecule has 3 heteroatoms. The van der Waals surface area contributed by atoms with E-state index in [0.29, 0.717) is 0 Å². The van der Waals surface area contributed by atoms with Crippen LogP contribution >= 0.6 is 0 Å². The zero-order chi connectivity index (χ0) is 45.1. The summed E-state index contributed by atoms with van der Waals surface area (Å²) in [6, 6.07) is 89.8. The molecule has 10 aromatic carbocycles. The Bertz CT molecular complexity index is 3200. The Morgan fingerprint density at radius 3 is 0.970 bits per heavy atom. The van der Waals surface area contributed by atoms with Crippen LogP contribution in [0.4, 0.5) is 34.1 Å². The molecule has 67 heavy (non-hydrogen) atoms. The van der Waals surface area contributed by atoms with Crippen molar-refractivity contribution in [2.45, 2.75) is 26.2 Å². The summed E-state index contributed by atoms with van der Waals surface area (Å²) in [4.78, 5) is 5.06. The number of rotatable bonds is 7. The second-order valence-corrected chi connectivity index (χ2v) is 19.0. The van der Waals surface area contributed by atoms with Crippen LogP contribution in [0.5, 0.6) is 0 Å². The van der Waals surface area contributed by atoms with Gasteiger partial charge in [-0.3, -0.25) is 0 Å². The van der Waals surface area contributed by atoms with Gasteiger partial charge in [0.1, 0.15) is 0 Å². The highest BCUT2D eigenvalue weighted by Crippen LogP contribution is 2.47. The van der Waals surface area contributed by atoms with E-state index in [1.54, 1.807) is 0 Å². The fourth-order valence-corrected chi connectivity index (χ4v) is 10.4. The first-order valence-electron chi connectivity index (χ1n) is 23.4. The molecule has 0 bridgehead atoms. The SMILES string of the molecule is CC(C)(C)c1ccc(-c2cc3c4c(c2)N(c2ccc(-c5ccccc5)cc2)c2ccc(-c5ccccc5)cc2B4c2cc(-c4ccccc4)ccc2N3c2ccc(-c3ccccc3)cc2)cc1. The highest BCUT2D eigenvalue weighted by Gasteiger charge is 2.44. The molecule has 0 aliphatic carbocycles. The number of fused-ring (bicyclic) bond motifs is 4. The maximum absolute atomic E-state index is 2.53. The predicted octanol–water partition coefficient (Wildman–Crippen LogP) is 15.4. The van der Waals surface area contributed by atoms with Gasteiger partial charge in [0.2, 0.25) is 0 Å². The second kappa shape index (κ2) is 16.4. The van der Waals surface area contributed by atoms with Gasteiger partial charge in [0.05, 0.1) is 0 Å². The van der Waals surface area contributed by atoms with E-state index >= 15 is 0 Å². The van der Waals surface area contributed by atoms with Gasteiger partial charge >= 0.3 is 0 Å². The summed E-state index contributed by atoms with van der Waals surface area (Å²) in [7, 11) is 0. The van der Waals surface area contributed by atoms with Gasteiger partial charge in [-0.25, -0.2) is 0 Å². The van der Waals surface area contributed by atoms with Crippen molar-refractivity contribution in [1.82, 2.24) is 0 Å². The molecule has 0 N–H and O–H groups in total. The van der Waals surface area contributed by atoms with Crippen molar-refractivity contribution in [3.8, 4) is 55.6 Å². The molecule has 0 amide bonds. The van der Waals surface area contributed by atoms with Crippen LogP contribution in [0.1, 0.15) is 26.3 Å². The van der Waals surface area contributed by atoms with Crippen molar-refractivity contribution in [3.05, 3.63) is 248 Å². The molecular weight excluding hydrogens is 808 g/mol. The van der Waals surface area contributed by atoms with Gasteiger partial charge in [0.15, 0.2) is 0 Å². The van der Waals surface area contributed by atoms with Gasteiger partial charge in [-0.15, -0.1) is 0 Å². The maximum Gasteiger partial charge on any atom is 0.252 e. The molecule has 10 aromatic rings.